The van der Waals surface area contributed by atoms with Crippen LogP contribution < -0.4 is 0 Å². The van der Waals surface area contributed by atoms with Gasteiger partial charge in [-0.15, -0.1) is 0 Å². The van der Waals surface area contributed by atoms with E-state index < -0.39 is 5.97 Å². The van der Waals surface area contributed by atoms with Gasteiger partial charge in [0.2, 0.25) is 0 Å². The Balaban J connectivity index is 2.25. The van der Waals surface area contributed by atoms with Crippen LogP contribution in [0.1, 0.15) is 21.7 Å². The van der Waals surface area contributed by atoms with Crippen LogP contribution in [0.3, 0.4) is 0 Å². The number of benzene rings is 1. The highest BCUT2D eigenvalue weighted by Gasteiger charge is 2.08. The van der Waals surface area contributed by atoms with Gasteiger partial charge in [-0.05, 0) is 49.1 Å². The Kier molecular flexibility index (Phi) is 3.44. The summed E-state index contributed by atoms with van der Waals surface area (Å²) < 4.78 is 4.97. The Morgan fingerprint density at radius 3 is 2.71 bits per heavy atom. The lowest BCUT2D eigenvalue weighted by molar-refractivity contribution is 0.0696. The van der Waals surface area contributed by atoms with Crippen LogP contribution in [-0.2, 0) is 0 Å². The van der Waals surface area contributed by atoms with Crippen LogP contribution in [0.2, 0.25) is 0 Å². The first kappa shape index (κ1) is 12.1. The van der Waals surface area contributed by atoms with E-state index in [0.29, 0.717) is 5.56 Å². The highest BCUT2D eigenvalue weighted by atomic mass is 32.2. The molecular weight excluding hydrogens is 256 g/mol. The summed E-state index contributed by atoms with van der Waals surface area (Å²) in [6, 6.07) is 5.07. The number of aromatic carboxylic acids is 1. The second-order valence-corrected chi connectivity index (χ2v) is 5.54. The van der Waals surface area contributed by atoms with Gasteiger partial charge in [0.15, 0.2) is 4.34 Å². The monoisotopic (exact) mass is 266 g/mol. The zero-order valence-electron chi connectivity index (χ0n) is 9.30. The highest BCUT2D eigenvalue weighted by molar-refractivity contribution is 8.01. The SMILES string of the molecule is Cc1nsc(Sc2ccc(C(=O)O)cc2C)n1. The highest BCUT2D eigenvalue weighted by Crippen LogP contribution is 2.31. The number of rotatable bonds is 3. The van der Waals surface area contributed by atoms with E-state index in [1.54, 1.807) is 18.2 Å². The maximum Gasteiger partial charge on any atom is 0.335 e. The molecule has 0 aliphatic heterocycles. The van der Waals surface area contributed by atoms with Crippen molar-refractivity contribution in [1.82, 2.24) is 9.36 Å². The van der Waals surface area contributed by atoms with Crippen LogP contribution >= 0.6 is 23.3 Å². The van der Waals surface area contributed by atoms with Gasteiger partial charge < -0.3 is 5.11 Å². The minimum absolute atomic E-state index is 0.306. The van der Waals surface area contributed by atoms with E-state index in [0.717, 1.165) is 20.6 Å². The second-order valence-electron chi connectivity index (χ2n) is 3.49. The van der Waals surface area contributed by atoms with Crippen LogP contribution in [0.4, 0.5) is 0 Å². The van der Waals surface area contributed by atoms with Crippen LogP contribution in [0.25, 0.3) is 0 Å². The van der Waals surface area contributed by atoms with Crippen molar-refractivity contribution in [2.75, 3.05) is 0 Å². The molecule has 0 saturated carbocycles. The van der Waals surface area contributed by atoms with Crippen molar-refractivity contribution >= 4 is 29.3 Å². The molecule has 88 valence electrons. The van der Waals surface area contributed by atoms with Gasteiger partial charge in [-0.25, -0.2) is 9.78 Å². The van der Waals surface area contributed by atoms with Crippen molar-refractivity contribution in [2.24, 2.45) is 0 Å². The van der Waals surface area contributed by atoms with Crippen molar-refractivity contribution in [2.45, 2.75) is 23.1 Å². The molecule has 1 N–H and O–H groups in total. The first-order chi connectivity index (χ1) is 8.06. The van der Waals surface area contributed by atoms with E-state index in [1.165, 1.54) is 23.3 Å². The molecule has 0 aliphatic rings. The average molecular weight is 266 g/mol. The van der Waals surface area contributed by atoms with E-state index in [2.05, 4.69) is 9.36 Å². The summed E-state index contributed by atoms with van der Waals surface area (Å²) in [5.41, 5.74) is 1.24. The third-order valence-electron chi connectivity index (χ3n) is 2.13. The van der Waals surface area contributed by atoms with Crippen LogP contribution in [0.5, 0.6) is 0 Å². The Hall–Kier alpha value is -1.40. The topological polar surface area (TPSA) is 63.1 Å². The van der Waals surface area contributed by atoms with Crippen molar-refractivity contribution in [3.63, 3.8) is 0 Å². The number of aryl methyl sites for hydroxylation is 2. The summed E-state index contributed by atoms with van der Waals surface area (Å²) in [7, 11) is 0. The van der Waals surface area contributed by atoms with Crippen LogP contribution in [-0.4, -0.2) is 20.4 Å². The molecule has 6 heteroatoms. The molecule has 0 spiro atoms. The molecule has 4 nitrogen and oxygen atoms in total. The summed E-state index contributed by atoms with van der Waals surface area (Å²) in [4.78, 5) is 16.1. The lowest BCUT2D eigenvalue weighted by atomic mass is 10.1. The lowest BCUT2D eigenvalue weighted by Crippen LogP contribution is -1.96. The molecule has 1 aromatic carbocycles. The van der Waals surface area contributed by atoms with Gasteiger partial charge >= 0.3 is 5.97 Å². The molecule has 0 fully saturated rings. The maximum atomic E-state index is 10.8. The number of aromatic nitrogens is 2. The number of nitrogens with zero attached hydrogens (tertiary/aromatic N) is 2. The predicted octanol–water partition coefficient (Wildman–Crippen LogP) is 3.00. The predicted molar refractivity (Wildman–Crippen MR) is 66.9 cm³/mol. The van der Waals surface area contributed by atoms with Gasteiger partial charge in [-0.1, -0.05) is 11.8 Å². The van der Waals surface area contributed by atoms with Gasteiger partial charge in [-0.3, -0.25) is 0 Å². The summed E-state index contributed by atoms with van der Waals surface area (Å²) in [5, 5.41) is 8.87. The summed E-state index contributed by atoms with van der Waals surface area (Å²) in [5.74, 6) is -0.145. The van der Waals surface area contributed by atoms with E-state index >= 15 is 0 Å². The Morgan fingerprint density at radius 2 is 2.18 bits per heavy atom. The number of hydrogen-bond donors (Lipinski definition) is 1. The molecule has 2 aromatic rings. The van der Waals surface area contributed by atoms with Crippen molar-refractivity contribution in [3.05, 3.63) is 35.2 Å². The zero-order valence-corrected chi connectivity index (χ0v) is 10.9. The number of carbonyl (C=O) groups is 1. The van der Waals surface area contributed by atoms with Gasteiger partial charge in [0.25, 0.3) is 0 Å². The summed E-state index contributed by atoms with van der Waals surface area (Å²) in [6.07, 6.45) is 0. The molecule has 1 aromatic heterocycles. The molecule has 2 rings (SSSR count). The Morgan fingerprint density at radius 1 is 1.41 bits per heavy atom. The third-order valence-corrected chi connectivity index (χ3v) is 4.15. The first-order valence-corrected chi connectivity index (χ1v) is 6.47. The molecule has 17 heavy (non-hydrogen) atoms. The van der Waals surface area contributed by atoms with Gasteiger partial charge in [0, 0.05) is 4.90 Å². The standard InChI is InChI=1S/C11H10N2O2S2/c1-6-5-8(10(14)15)3-4-9(6)16-11-12-7(2)13-17-11/h3-5H,1-2H3,(H,14,15). The van der Waals surface area contributed by atoms with Crippen molar-refractivity contribution in [1.29, 1.82) is 0 Å². The van der Waals surface area contributed by atoms with Crippen molar-refractivity contribution < 1.29 is 9.90 Å². The average Bonchev–Trinajstić information content (AvgIpc) is 2.67. The molecule has 1 heterocycles. The molecule has 0 aliphatic carbocycles. The molecule has 0 saturated heterocycles. The molecular formula is C11H10N2O2S2. The Labute approximate surface area is 107 Å². The fraction of sp³-hybridized carbons (Fsp3) is 0.182. The lowest BCUT2D eigenvalue weighted by Gasteiger charge is -2.03. The number of hydrogen-bond acceptors (Lipinski definition) is 5. The number of carboxylic acids is 1. The Bertz CT molecular complexity index is 566. The molecule has 0 unspecified atom stereocenters. The number of carboxylic acid groups (broad SMARTS) is 1. The minimum atomic E-state index is -0.906. The van der Waals surface area contributed by atoms with Crippen LogP contribution in [0, 0.1) is 13.8 Å². The fourth-order valence-corrected chi connectivity index (χ4v) is 2.99. The van der Waals surface area contributed by atoms with E-state index in [1.807, 2.05) is 13.8 Å². The minimum Gasteiger partial charge on any atom is -0.478 e. The van der Waals surface area contributed by atoms with Crippen molar-refractivity contribution in [3.8, 4) is 0 Å². The quantitative estimate of drug-likeness (QED) is 0.925. The van der Waals surface area contributed by atoms with Gasteiger partial charge in [-0.2, -0.15) is 4.37 Å². The van der Waals surface area contributed by atoms with E-state index in [4.69, 9.17) is 5.11 Å². The van der Waals surface area contributed by atoms with Gasteiger partial charge in [0.1, 0.15) is 5.82 Å². The maximum absolute atomic E-state index is 10.8. The van der Waals surface area contributed by atoms with E-state index in [-0.39, 0.29) is 0 Å². The summed E-state index contributed by atoms with van der Waals surface area (Å²) in [6.45, 7) is 3.74. The zero-order chi connectivity index (χ0) is 12.4. The van der Waals surface area contributed by atoms with Crippen LogP contribution in [0.15, 0.2) is 27.4 Å². The largest absolute Gasteiger partial charge is 0.478 e. The first-order valence-electron chi connectivity index (χ1n) is 4.88. The van der Waals surface area contributed by atoms with Gasteiger partial charge in [0.05, 0.1) is 5.56 Å². The normalized spacial score (nSPS) is 10.5. The molecule has 0 bridgehead atoms. The fourth-order valence-electron chi connectivity index (χ4n) is 1.31. The molecule has 0 radical (unpaired) electrons. The summed E-state index contributed by atoms with van der Waals surface area (Å²) >= 11 is 2.86. The smallest absolute Gasteiger partial charge is 0.335 e. The second kappa shape index (κ2) is 4.85. The van der Waals surface area contributed by atoms with E-state index in [9.17, 15) is 4.79 Å². The molecule has 0 amide bonds. The third kappa shape index (κ3) is 2.83. The molecule has 0 atom stereocenters.